The Kier molecular flexibility index (Phi) is 10.5. The number of carbonyl (C=O) groups excluding carboxylic acids is 2. The van der Waals surface area contributed by atoms with Gasteiger partial charge < -0.3 is 25.3 Å². The van der Waals surface area contributed by atoms with Gasteiger partial charge in [-0.05, 0) is 38.8 Å². The van der Waals surface area contributed by atoms with E-state index in [4.69, 9.17) is 10.5 Å². The van der Waals surface area contributed by atoms with Gasteiger partial charge in [0.2, 0.25) is 11.8 Å². The first kappa shape index (κ1) is 29.3. The maximum Gasteiger partial charge on any atom is 0.240 e. The number of nitrogens with two attached hydrogens (primary N) is 1. The van der Waals surface area contributed by atoms with E-state index in [1.165, 1.54) is 11.8 Å². The third kappa shape index (κ3) is 7.66. The van der Waals surface area contributed by atoms with Gasteiger partial charge in [-0.1, -0.05) is 72.4 Å². The number of amides is 2. The molecule has 10 heteroatoms. The van der Waals surface area contributed by atoms with Gasteiger partial charge in [0, 0.05) is 20.1 Å². The Morgan fingerprint density at radius 1 is 1.05 bits per heavy atom. The van der Waals surface area contributed by atoms with Crippen molar-refractivity contribution in [2.45, 2.75) is 56.3 Å². The van der Waals surface area contributed by atoms with Gasteiger partial charge in [0.1, 0.15) is 11.3 Å². The lowest BCUT2D eigenvalue weighted by atomic mass is 10.1. The molecule has 1 unspecified atom stereocenters. The monoisotopic (exact) mass is 538 g/mol. The van der Waals surface area contributed by atoms with E-state index < -0.39 is 16.8 Å². The average molecular weight is 539 g/mol. The highest BCUT2D eigenvalue weighted by atomic mass is 32.2. The summed E-state index contributed by atoms with van der Waals surface area (Å²) >= 11 is 1.34. The van der Waals surface area contributed by atoms with Crippen molar-refractivity contribution < 1.29 is 14.3 Å². The van der Waals surface area contributed by atoms with E-state index in [1.54, 1.807) is 18.4 Å². The summed E-state index contributed by atoms with van der Waals surface area (Å²) in [5, 5.41) is 11.8. The van der Waals surface area contributed by atoms with Crippen molar-refractivity contribution in [1.82, 2.24) is 25.0 Å². The smallest absolute Gasteiger partial charge is 0.240 e. The lowest BCUT2D eigenvalue weighted by molar-refractivity contribution is -0.130. The first-order chi connectivity index (χ1) is 18.2. The van der Waals surface area contributed by atoms with Crippen molar-refractivity contribution >= 4 is 23.6 Å². The molecular formula is C28H38N6O3S. The second kappa shape index (κ2) is 13.5. The molecule has 0 aliphatic heterocycles. The van der Waals surface area contributed by atoms with Crippen LogP contribution < -0.4 is 11.1 Å². The summed E-state index contributed by atoms with van der Waals surface area (Å²) in [7, 11) is 1.82. The fraction of sp³-hybridized carbons (Fsp3) is 0.429. The van der Waals surface area contributed by atoms with Crippen LogP contribution in [0.3, 0.4) is 0 Å². The van der Waals surface area contributed by atoms with E-state index in [0.717, 1.165) is 11.1 Å². The summed E-state index contributed by atoms with van der Waals surface area (Å²) in [6.45, 7) is 9.01. The molecule has 38 heavy (non-hydrogen) atoms. The maximum atomic E-state index is 13.5. The molecule has 0 aliphatic carbocycles. The van der Waals surface area contributed by atoms with Gasteiger partial charge in [-0.2, -0.15) is 0 Å². The van der Waals surface area contributed by atoms with Gasteiger partial charge in [-0.25, -0.2) is 0 Å². The van der Waals surface area contributed by atoms with Crippen LogP contribution in [0.15, 0.2) is 65.8 Å². The highest BCUT2D eigenvalue weighted by molar-refractivity contribution is 8.00. The third-order valence-electron chi connectivity index (χ3n) is 6.09. The molecule has 1 aromatic heterocycles. The first-order valence-electron chi connectivity index (χ1n) is 12.8. The summed E-state index contributed by atoms with van der Waals surface area (Å²) < 4.78 is 7.76. The lowest BCUT2D eigenvalue weighted by Crippen LogP contribution is -2.51. The van der Waals surface area contributed by atoms with Crippen LogP contribution in [0.2, 0.25) is 0 Å². The van der Waals surface area contributed by atoms with Crippen LogP contribution >= 0.6 is 11.8 Å². The molecule has 2 atom stereocenters. The quantitative estimate of drug-likeness (QED) is 0.319. The minimum atomic E-state index is -1.08. The number of ether oxygens (including phenoxy) is 1. The van der Waals surface area contributed by atoms with E-state index >= 15 is 0 Å². The zero-order chi connectivity index (χ0) is 27.7. The number of rotatable bonds is 13. The van der Waals surface area contributed by atoms with Crippen molar-refractivity contribution in [2.75, 3.05) is 19.7 Å². The Labute approximate surface area is 229 Å². The van der Waals surface area contributed by atoms with E-state index in [-0.39, 0.29) is 18.4 Å². The number of thioether (sulfide) groups is 1. The summed E-state index contributed by atoms with van der Waals surface area (Å²) in [5.41, 5.74) is 6.87. The molecular weight excluding hydrogens is 500 g/mol. The van der Waals surface area contributed by atoms with Gasteiger partial charge in [-0.15, -0.1) is 10.2 Å². The van der Waals surface area contributed by atoms with E-state index in [1.807, 2.05) is 86.5 Å². The number of aromatic nitrogens is 3. The molecule has 0 saturated carbocycles. The predicted octanol–water partition coefficient (Wildman–Crippen LogP) is 3.63. The van der Waals surface area contributed by atoms with Crippen LogP contribution in [0.25, 0.3) is 0 Å². The zero-order valence-corrected chi connectivity index (χ0v) is 23.6. The number of hydrogen-bond acceptors (Lipinski definition) is 7. The Hall–Kier alpha value is -3.21. The predicted molar refractivity (Wildman–Crippen MR) is 149 cm³/mol. The summed E-state index contributed by atoms with van der Waals surface area (Å²) in [5.74, 6) is 0.193. The normalized spacial score (nSPS) is 13.1. The fourth-order valence-electron chi connectivity index (χ4n) is 3.82. The number of hydrogen-bond donors (Lipinski definition) is 2. The molecule has 0 spiro atoms. The highest BCUT2D eigenvalue weighted by Gasteiger charge is 2.31. The van der Waals surface area contributed by atoms with Crippen molar-refractivity contribution in [2.24, 2.45) is 12.8 Å². The van der Waals surface area contributed by atoms with Crippen LogP contribution in [0, 0.1) is 0 Å². The minimum Gasteiger partial charge on any atom is -0.374 e. The molecule has 0 radical (unpaired) electrons. The van der Waals surface area contributed by atoms with Crippen LogP contribution in [0.1, 0.15) is 55.9 Å². The summed E-state index contributed by atoms with van der Waals surface area (Å²) in [6, 6.07) is 18.9. The Bertz CT molecular complexity index is 1180. The van der Waals surface area contributed by atoms with Gasteiger partial charge in [0.15, 0.2) is 11.0 Å². The molecule has 2 amide bonds. The van der Waals surface area contributed by atoms with Crippen molar-refractivity contribution in [3.05, 3.63) is 77.6 Å². The fourth-order valence-corrected chi connectivity index (χ4v) is 4.92. The molecule has 3 rings (SSSR count). The molecule has 0 saturated heterocycles. The molecule has 0 aliphatic rings. The number of likely N-dealkylation sites (N-methyl/N-ethyl adjacent to an activating group) is 1. The van der Waals surface area contributed by atoms with Crippen molar-refractivity contribution in [3.8, 4) is 0 Å². The molecule has 0 bridgehead atoms. The van der Waals surface area contributed by atoms with Crippen LogP contribution in [-0.2, 0) is 28.0 Å². The van der Waals surface area contributed by atoms with Crippen LogP contribution in [0.4, 0.5) is 0 Å². The number of carbonyl (C=O) groups is 2. The summed E-state index contributed by atoms with van der Waals surface area (Å²) in [6.07, 6.45) is 0. The molecule has 204 valence electrons. The van der Waals surface area contributed by atoms with E-state index in [0.29, 0.717) is 30.7 Å². The highest BCUT2D eigenvalue weighted by Crippen LogP contribution is 2.36. The second-order valence-corrected chi connectivity index (χ2v) is 10.6. The van der Waals surface area contributed by atoms with Crippen molar-refractivity contribution in [1.29, 1.82) is 0 Å². The van der Waals surface area contributed by atoms with Gasteiger partial charge in [0.25, 0.3) is 0 Å². The molecule has 3 aromatic rings. The molecule has 1 heterocycles. The molecule has 9 nitrogen and oxygen atoms in total. The SMILES string of the molecule is CCN(CC)C(=O)C(Sc1nnc([C@@H](COCc2ccccc2)NC(=O)C(C)(C)N)n1C)c1ccccc1. The third-order valence-corrected chi connectivity index (χ3v) is 7.37. The standard InChI is InChI=1S/C28H38N6O3S/c1-6-34(7-2)25(35)23(21-16-12-9-13-17-21)38-27-32-31-24(33(27)5)22(30-26(36)28(3,4)29)19-37-18-20-14-10-8-11-15-20/h8-17,22-23H,6-7,18-19,29H2,1-5H3,(H,30,36)/t22-,23?/m1/s1. The topological polar surface area (TPSA) is 115 Å². The van der Waals surface area contributed by atoms with Gasteiger partial charge >= 0.3 is 0 Å². The molecule has 0 fully saturated rings. The lowest BCUT2D eigenvalue weighted by Gasteiger charge is -2.25. The van der Waals surface area contributed by atoms with Crippen molar-refractivity contribution in [3.63, 3.8) is 0 Å². The number of nitrogens with one attached hydrogen (secondary N) is 1. The molecule has 2 aromatic carbocycles. The van der Waals surface area contributed by atoms with E-state index in [2.05, 4.69) is 15.5 Å². The van der Waals surface area contributed by atoms with Gasteiger partial charge in [-0.3, -0.25) is 9.59 Å². The average Bonchev–Trinajstić information content (AvgIpc) is 3.27. The zero-order valence-electron chi connectivity index (χ0n) is 22.8. The number of nitrogens with zero attached hydrogens (tertiary/aromatic N) is 4. The maximum absolute atomic E-state index is 13.5. The van der Waals surface area contributed by atoms with E-state index in [9.17, 15) is 9.59 Å². The summed E-state index contributed by atoms with van der Waals surface area (Å²) in [4.78, 5) is 28.1. The van der Waals surface area contributed by atoms with Gasteiger partial charge in [0.05, 0.1) is 18.8 Å². The minimum absolute atomic E-state index is 0.0108. The number of benzene rings is 2. The Balaban J connectivity index is 1.86. The van der Waals surface area contributed by atoms with Crippen LogP contribution in [0.5, 0.6) is 0 Å². The largest absolute Gasteiger partial charge is 0.374 e. The first-order valence-corrected chi connectivity index (χ1v) is 13.6. The Morgan fingerprint density at radius 3 is 2.24 bits per heavy atom. The van der Waals surface area contributed by atoms with Crippen LogP contribution in [-0.4, -0.2) is 56.7 Å². The Morgan fingerprint density at radius 2 is 1.66 bits per heavy atom. The molecule has 3 N–H and O–H groups in total. The second-order valence-electron chi connectivity index (χ2n) is 9.57.